The molecule has 1 atom stereocenters. The van der Waals surface area contributed by atoms with Crippen LogP contribution in [0, 0.1) is 0 Å². The summed E-state index contributed by atoms with van der Waals surface area (Å²) >= 11 is 0. The van der Waals surface area contributed by atoms with Crippen LogP contribution in [0.15, 0.2) is 48.2 Å². The summed E-state index contributed by atoms with van der Waals surface area (Å²) in [6, 6.07) is 4.75. The minimum Gasteiger partial charge on any atom is -0.481 e. The number of aliphatic carboxylic acids is 1. The van der Waals surface area contributed by atoms with Gasteiger partial charge in [-0.3, -0.25) is 51.3 Å². The fourth-order valence-corrected chi connectivity index (χ4v) is 12.0. The van der Waals surface area contributed by atoms with Crippen molar-refractivity contribution >= 4 is 107 Å². The standard InChI is InChI=1S/C46H64N6O24S6/c1-45(2)36(51(18-6-4-5-12-38(53)54)34-28-30(41(55)47-14-22-79(65,66)67)26-32(39(34)45)43(57)49-16-24-81(71,72)73)10-7-11-37-46(3,13-8-20-77(59,60)61)40-33(44(58)50-17-25-82(74,75)76)27-31(42(56)48-15-23-80(68,69)70)29-35(40)52(37)19-9-21-78(62,63)64/h7,10-11,26-29H,4-6,8-9,12-25H2,1-3H3,(H10-,47,48,49,50,53,54,55,56,57,58,59,60,61,62,63,64,65,66,67,68,69,70,71,72,73,74,75,76)/p+1. The second-order valence-electron chi connectivity index (χ2n) is 19.8. The molecule has 36 heteroatoms. The highest BCUT2D eigenvalue weighted by Crippen LogP contribution is 2.51. The maximum Gasteiger partial charge on any atom is 0.303 e. The predicted molar refractivity (Wildman–Crippen MR) is 295 cm³/mol. The van der Waals surface area contributed by atoms with Crippen LogP contribution >= 0.6 is 0 Å². The number of unbranched alkanes of at least 4 members (excludes halogenated alkanes) is 2. The number of nitrogens with zero attached hydrogens (tertiary/aromatic N) is 2. The van der Waals surface area contributed by atoms with Crippen LogP contribution in [0.1, 0.15) is 118 Å². The van der Waals surface area contributed by atoms with E-state index in [1.165, 1.54) is 41.9 Å². The third-order valence-corrected chi connectivity index (χ3v) is 17.5. The lowest BCUT2D eigenvalue weighted by Crippen LogP contribution is -2.36. The molecule has 30 nitrogen and oxygen atoms in total. The molecule has 0 spiro atoms. The van der Waals surface area contributed by atoms with Crippen molar-refractivity contribution in [1.29, 1.82) is 0 Å². The Morgan fingerprint density at radius 3 is 1.41 bits per heavy atom. The Bertz CT molecular complexity index is 3640. The van der Waals surface area contributed by atoms with E-state index in [9.17, 15) is 107 Å². The van der Waals surface area contributed by atoms with Crippen molar-refractivity contribution in [2.75, 3.05) is 78.7 Å². The molecule has 82 heavy (non-hydrogen) atoms. The van der Waals surface area contributed by atoms with Crippen LogP contribution in [0.4, 0.5) is 11.4 Å². The van der Waals surface area contributed by atoms with E-state index < -0.39 is 162 Å². The minimum atomic E-state index is -4.68. The number of carboxylic acids is 1. The number of fused-ring (bicyclic) bond motifs is 2. The Kier molecular flexibility index (Phi) is 22.9. The molecular formula is C46H65N6O24S6+. The number of carbonyl (C=O) groups excluding carboxylic acids is 4. The zero-order valence-corrected chi connectivity index (χ0v) is 49.3. The van der Waals surface area contributed by atoms with Crippen LogP contribution in [0.3, 0.4) is 0 Å². The van der Waals surface area contributed by atoms with Crippen LogP contribution < -0.4 is 26.2 Å². The number of benzene rings is 2. The first-order valence-electron chi connectivity index (χ1n) is 24.8. The van der Waals surface area contributed by atoms with Gasteiger partial charge in [-0.2, -0.15) is 55.1 Å². The topological polar surface area (TPSA) is 486 Å². The molecule has 11 N–H and O–H groups in total. The summed E-state index contributed by atoms with van der Waals surface area (Å²) in [6.45, 7) is 1.95. The number of carboxylic acid groups (broad SMARTS) is 1. The van der Waals surface area contributed by atoms with Crippen LogP contribution in [-0.2, 0) is 76.3 Å². The van der Waals surface area contributed by atoms with Crippen molar-refractivity contribution in [3.8, 4) is 0 Å². The molecule has 0 saturated carbocycles. The molecule has 4 amide bonds. The summed E-state index contributed by atoms with van der Waals surface area (Å²) in [5.41, 5.74) is -3.28. The normalized spacial score (nSPS) is 17.0. The third kappa shape index (κ3) is 20.5. The van der Waals surface area contributed by atoms with E-state index in [1.807, 2.05) is 0 Å². The van der Waals surface area contributed by atoms with Crippen molar-refractivity contribution in [1.82, 2.24) is 21.3 Å². The third-order valence-electron chi connectivity index (χ3n) is 13.0. The molecule has 2 heterocycles. The number of nitrogens with one attached hydrogen (secondary N) is 4. The highest BCUT2D eigenvalue weighted by atomic mass is 32.2. The lowest BCUT2D eigenvalue weighted by molar-refractivity contribution is -0.437. The van der Waals surface area contributed by atoms with Crippen LogP contribution in [0.25, 0.3) is 0 Å². The maximum atomic E-state index is 14.3. The molecule has 0 bridgehead atoms. The van der Waals surface area contributed by atoms with Gasteiger partial charge in [-0.15, -0.1) is 0 Å². The fraction of sp³-hybridized carbons (Fsp3) is 0.522. The number of hydrogen-bond donors (Lipinski definition) is 11. The second kappa shape index (κ2) is 27.3. The van der Waals surface area contributed by atoms with Gasteiger partial charge in [-0.25, -0.2) is 0 Å². The summed E-state index contributed by atoms with van der Waals surface area (Å²) in [6.07, 6.45) is 4.02. The first-order valence-corrected chi connectivity index (χ1v) is 34.4. The SMILES string of the molecule is CC1(CCCS(=O)(=O)O)C(/C=C/C=C2/N(CCCCCC(=O)O)c3cc(C(=O)NCCS(=O)(=O)O)cc(C(=O)NCCS(=O)(=O)O)c3C2(C)C)=[N+](CCCS(=O)(=O)O)c2cc(C(=O)NCCS(=O)(=O)O)cc(C(=O)NCCS(=O)(=O)O)c21. The van der Waals surface area contributed by atoms with Gasteiger partial charge in [0.15, 0.2) is 5.71 Å². The Morgan fingerprint density at radius 2 is 0.963 bits per heavy atom. The van der Waals surface area contributed by atoms with Crippen LogP contribution in [0.5, 0.6) is 0 Å². The van der Waals surface area contributed by atoms with E-state index in [1.54, 1.807) is 18.7 Å². The highest BCUT2D eigenvalue weighted by molar-refractivity contribution is 7.87. The number of rotatable bonds is 32. The van der Waals surface area contributed by atoms with Gasteiger partial charge in [-0.05, 0) is 56.9 Å². The highest BCUT2D eigenvalue weighted by Gasteiger charge is 2.51. The van der Waals surface area contributed by atoms with Crippen molar-refractivity contribution in [3.05, 3.63) is 81.6 Å². The molecule has 0 radical (unpaired) electrons. The molecule has 0 aromatic heterocycles. The van der Waals surface area contributed by atoms with Crippen LogP contribution in [-0.4, -0.2) is 197 Å². The van der Waals surface area contributed by atoms with E-state index in [4.69, 9.17) is 0 Å². The number of anilines is 1. The Morgan fingerprint density at radius 1 is 0.537 bits per heavy atom. The first kappa shape index (κ1) is 68.7. The monoisotopic (exact) mass is 1280 g/mol. The average molecular weight is 1280 g/mol. The van der Waals surface area contributed by atoms with Gasteiger partial charge in [-0.1, -0.05) is 26.3 Å². The van der Waals surface area contributed by atoms with Gasteiger partial charge in [0.05, 0.1) is 51.1 Å². The van der Waals surface area contributed by atoms with Gasteiger partial charge in [0, 0.05) is 96.8 Å². The largest absolute Gasteiger partial charge is 0.481 e. The molecule has 458 valence electrons. The van der Waals surface area contributed by atoms with E-state index in [2.05, 4.69) is 21.3 Å². The van der Waals surface area contributed by atoms with Crippen molar-refractivity contribution in [3.63, 3.8) is 0 Å². The van der Waals surface area contributed by atoms with Gasteiger partial charge in [0.25, 0.3) is 84.3 Å². The molecule has 2 aliphatic heterocycles. The van der Waals surface area contributed by atoms with E-state index in [0.717, 1.165) is 12.1 Å². The molecule has 2 aromatic rings. The van der Waals surface area contributed by atoms with Gasteiger partial charge in [0.1, 0.15) is 6.54 Å². The average Bonchev–Trinajstić information content (AvgIpc) is 3.89. The molecule has 0 saturated heterocycles. The molecule has 2 aromatic carbocycles. The zero-order valence-electron chi connectivity index (χ0n) is 44.4. The summed E-state index contributed by atoms with van der Waals surface area (Å²) in [7, 11) is -27.8. The van der Waals surface area contributed by atoms with Gasteiger partial charge >= 0.3 is 5.97 Å². The molecule has 0 fully saturated rings. The van der Waals surface area contributed by atoms with Crippen molar-refractivity contribution in [2.45, 2.75) is 76.5 Å². The van der Waals surface area contributed by atoms with Gasteiger partial charge in [0.2, 0.25) is 5.69 Å². The molecule has 4 rings (SSSR count). The van der Waals surface area contributed by atoms with Crippen molar-refractivity contribution in [2.24, 2.45) is 0 Å². The Hall–Kier alpha value is -5.80. The van der Waals surface area contributed by atoms with E-state index in [-0.39, 0.29) is 102 Å². The summed E-state index contributed by atoms with van der Waals surface area (Å²) in [5, 5.41) is 18.7. The molecular weight excluding hydrogens is 1210 g/mol. The lowest BCUT2D eigenvalue weighted by Gasteiger charge is -2.27. The molecule has 1 unspecified atom stereocenters. The smallest absolute Gasteiger partial charge is 0.303 e. The number of allylic oxidation sites excluding steroid dienone is 4. The maximum absolute atomic E-state index is 14.3. The molecule has 0 aliphatic carbocycles. The van der Waals surface area contributed by atoms with Crippen LogP contribution in [0.2, 0.25) is 0 Å². The molecule has 2 aliphatic rings. The second-order valence-corrected chi connectivity index (χ2v) is 29.2. The number of carbonyl (C=O) groups is 5. The zero-order chi connectivity index (χ0) is 62.0. The quantitative estimate of drug-likeness (QED) is 0.0267. The predicted octanol–water partition coefficient (Wildman–Crippen LogP) is 0.342. The summed E-state index contributed by atoms with van der Waals surface area (Å²) < 4.78 is 200. The lowest BCUT2D eigenvalue weighted by atomic mass is 9.73. The van der Waals surface area contributed by atoms with E-state index >= 15 is 0 Å². The van der Waals surface area contributed by atoms with Gasteiger partial charge < -0.3 is 31.3 Å². The van der Waals surface area contributed by atoms with E-state index in [0.29, 0.717) is 12.1 Å². The Balaban J connectivity index is 2.10. The minimum absolute atomic E-state index is 0.00414. The number of amides is 4. The summed E-state index contributed by atoms with van der Waals surface area (Å²) in [4.78, 5) is 68.9. The fourth-order valence-electron chi connectivity index (χ4n) is 9.53. The van der Waals surface area contributed by atoms with Crippen molar-refractivity contribution < 1.29 is 111 Å². The Labute approximate surface area is 474 Å². The number of hydrogen-bond acceptors (Lipinski definition) is 18. The summed E-state index contributed by atoms with van der Waals surface area (Å²) in [5.74, 6) is -10.5. The first-order chi connectivity index (χ1) is 37.5.